The SMILES string of the molecule is COC(=O)c1ccc(Cl)c(Cn2nc(C(F)(F)F)n(C)c2=O)c1Cl. The lowest BCUT2D eigenvalue weighted by Crippen LogP contribution is -2.25. The summed E-state index contributed by atoms with van der Waals surface area (Å²) in [5.74, 6) is -2.11. The van der Waals surface area contributed by atoms with Crippen molar-refractivity contribution < 1.29 is 22.7 Å². The first-order valence-electron chi connectivity index (χ1n) is 6.34. The number of carbonyl (C=O) groups is 1. The zero-order chi connectivity index (χ0) is 18.2. The van der Waals surface area contributed by atoms with Crippen LogP contribution < -0.4 is 5.69 Å². The highest BCUT2D eigenvalue weighted by Gasteiger charge is 2.38. The highest BCUT2D eigenvalue weighted by atomic mass is 35.5. The summed E-state index contributed by atoms with van der Waals surface area (Å²) in [4.78, 5) is 23.5. The molecule has 1 aromatic carbocycles. The average Bonchev–Trinajstić information content (AvgIpc) is 2.79. The van der Waals surface area contributed by atoms with Crippen molar-refractivity contribution in [1.82, 2.24) is 14.3 Å². The molecule has 0 fully saturated rings. The van der Waals surface area contributed by atoms with Gasteiger partial charge in [-0.15, -0.1) is 5.10 Å². The zero-order valence-electron chi connectivity index (χ0n) is 12.3. The van der Waals surface area contributed by atoms with Gasteiger partial charge in [0.15, 0.2) is 0 Å². The van der Waals surface area contributed by atoms with E-state index in [1.54, 1.807) is 0 Å². The Morgan fingerprint density at radius 2 is 1.96 bits per heavy atom. The quantitative estimate of drug-likeness (QED) is 0.764. The van der Waals surface area contributed by atoms with Gasteiger partial charge >= 0.3 is 17.8 Å². The third kappa shape index (κ3) is 3.27. The summed E-state index contributed by atoms with van der Waals surface area (Å²) in [6.45, 7) is -0.439. The van der Waals surface area contributed by atoms with Crippen LogP contribution in [-0.2, 0) is 24.5 Å². The van der Waals surface area contributed by atoms with Gasteiger partial charge in [0.1, 0.15) is 0 Å². The largest absolute Gasteiger partial charge is 0.465 e. The predicted molar refractivity (Wildman–Crippen MR) is 79.4 cm³/mol. The minimum Gasteiger partial charge on any atom is -0.465 e. The second kappa shape index (κ2) is 6.48. The summed E-state index contributed by atoms with van der Waals surface area (Å²) >= 11 is 12.0. The number of halogens is 5. The monoisotopic (exact) mass is 383 g/mol. The first-order chi connectivity index (χ1) is 11.1. The van der Waals surface area contributed by atoms with Gasteiger partial charge in [0, 0.05) is 17.6 Å². The van der Waals surface area contributed by atoms with Crippen LogP contribution in [0.25, 0.3) is 0 Å². The number of hydrogen-bond donors (Lipinski definition) is 0. The molecule has 2 aromatic rings. The first-order valence-corrected chi connectivity index (χ1v) is 7.09. The Hall–Kier alpha value is -2.00. The molecule has 0 saturated heterocycles. The molecular formula is C13H10Cl2F3N3O3. The molecule has 1 aromatic heterocycles. The highest BCUT2D eigenvalue weighted by Crippen LogP contribution is 2.30. The smallest absolute Gasteiger partial charge is 0.451 e. The van der Waals surface area contributed by atoms with Crippen molar-refractivity contribution in [1.29, 1.82) is 0 Å². The van der Waals surface area contributed by atoms with Gasteiger partial charge < -0.3 is 4.74 Å². The van der Waals surface area contributed by atoms with Crippen molar-refractivity contribution in [2.75, 3.05) is 7.11 Å². The van der Waals surface area contributed by atoms with E-state index in [2.05, 4.69) is 9.84 Å². The molecule has 0 aliphatic carbocycles. The van der Waals surface area contributed by atoms with E-state index >= 15 is 0 Å². The number of carbonyl (C=O) groups excluding carboxylic acids is 1. The summed E-state index contributed by atoms with van der Waals surface area (Å²) in [6.07, 6.45) is -4.79. The second-order valence-electron chi connectivity index (χ2n) is 4.70. The van der Waals surface area contributed by atoms with E-state index in [1.165, 1.54) is 12.1 Å². The summed E-state index contributed by atoms with van der Waals surface area (Å²) in [6, 6.07) is 2.63. The molecule has 0 atom stereocenters. The van der Waals surface area contributed by atoms with Gasteiger partial charge in [-0.05, 0) is 12.1 Å². The standard InChI is InChI=1S/C13H10Cl2F3N3O3/c1-20-11(13(16,17)18)19-21(12(20)23)5-7-8(14)4-3-6(9(7)15)10(22)24-2/h3-4H,5H2,1-2H3. The van der Waals surface area contributed by atoms with Crippen LogP contribution in [0, 0.1) is 0 Å². The van der Waals surface area contributed by atoms with Crippen molar-refractivity contribution in [3.8, 4) is 0 Å². The Kier molecular flexibility index (Phi) is 4.95. The lowest BCUT2D eigenvalue weighted by molar-refractivity contribution is -0.147. The van der Waals surface area contributed by atoms with Gasteiger partial charge in [-0.2, -0.15) is 13.2 Å². The number of aromatic nitrogens is 3. The van der Waals surface area contributed by atoms with Crippen LogP contribution in [0.2, 0.25) is 10.0 Å². The fraction of sp³-hybridized carbons (Fsp3) is 0.308. The van der Waals surface area contributed by atoms with Gasteiger partial charge in [-0.25, -0.2) is 14.3 Å². The number of alkyl halides is 3. The Bertz CT molecular complexity index is 859. The fourth-order valence-corrected chi connectivity index (χ4v) is 2.57. The third-order valence-corrected chi connectivity index (χ3v) is 3.98. The molecule has 0 bridgehead atoms. The molecular weight excluding hydrogens is 374 g/mol. The van der Waals surface area contributed by atoms with Gasteiger partial charge in [0.05, 0.1) is 24.2 Å². The van der Waals surface area contributed by atoms with Crippen molar-refractivity contribution in [3.05, 3.63) is 49.6 Å². The molecule has 0 spiro atoms. The number of ether oxygens (including phenoxy) is 1. The lowest BCUT2D eigenvalue weighted by Gasteiger charge is -2.10. The molecule has 24 heavy (non-hydrogen) atoms. The minimum atomic E-state index is -4.79. The predicted octanol–water partition coefficient (Wildman–Crippen LogP) is 2.74. The van der Waals surface area contributed by atoms with Gasteiger partial charge in [0.25, 0.3) is 0 Å². The maximum absolute atomic E-state index is 12.8. The molecule has 0 amide bonds. The average molecular weight is 384 g/mol. The minimum absolute atomic E-state index is 0.0291. The molecule has 2 rings (SSSR count). The second-order valence-corrected chi connectivity index (χ2v) is 5.48. The molecule has 0 N–H and O–H groups in total. The maximum atomic E-state index is 12.8. The van der Waals surface area contributed by atoms with Crippen LogP contribution in [0.4, 0.5) is 13.2 Å². The summed E-state index contributed by atoms with van der Waals surface area (Å²) in [5, 5.41) is 3.21. The van der Waals surface area contributed by atoms with E-state index in [-0.39, 0.29) is 21.2 Å². The van der Waals surface area contributed by atoms with Crippen molar-refractivity contribution in [2.24, 2.45) is 7.05 Å². The number of hydrogen-bond acceptors (Lipinski definition) is 4. The number of methoxy groups -OCH3 is 1. The molecule has 11 heteroatoms. The third-order valence-electron chi connectivity index (χ3n) is 3.19. The summed E-state index contributed by atoms with van der Waals surface area (Å²) in [5.41, 5.74) is -0.952. The molecule has 6 nitrogen and oxygen atoms in total. The Morgan fingerprint density at radius 3 is 2.46 bits per heavy atom. The molecule has 130 valence electrons. The van der Waals surface area contributed by atoms with Crippen LogP contribution in [0.1, 0.15) is 21.7 Å². The van der Waals surface area contributed by atoms with Crippen LogP contribution in [-0.4, -0.2) is 27.4 Å². The van der Waals surface area contributed by atoms with E-state index in [4.69, 9.17) is 23.2 Å². The molecule has 0 aliphatic heterocycles. The first kappa shape index (κ1) is 18.3. The summed E-state index contributed by atoms with van der Waals surface area (Å²) in [7, 11) is 2.09. The van der Waals surface area contributed by atoms with E-state index in [0.717, 1.165) is 14.2 Å². The van der Waals surface area contributed by atoms with Crippen molar-refractivity contribution in [3.63, 3.8) is 0 Å². The Morgan fingerprint density at radius 1 is 1.33 bits per heavy atom. The van der Waals surface area contributed by atoms with Crippen LogP contribution in [0.3, 0.4) is 0 Å². The number of esters is 1. The highest BCUT2D eigenvalue weighted by molar-refractivity contribution is 6.37. The topological polar surface area (TPSA) is 66.1 Å². The van der Waals surface area contributed by atoms with E-state index in [0.29, 0.717) is 9.25 Å². The molecule has 0 radical (unpaired) electrons. The van der Waals surface area contributed by atoms with Gasteiger partial charge in [-0.1, -0.05) is 23.2 Å². The Labute approximate surface area is 143 Å². The number of rotatable bonds is 3. The van der Waals surface area contributed by atoms with E-state index in [9.17, 15) is 22.8 Å². The van der Waals surface area contributed by atoms with E-state index in [1.807, 2.05) is 0 Å². The van der Waals surface area contributed by atoms with Gasteiger partial charge in [0.2, 0.25) is 5.82 Å². The van der Waals surface area contributed by atoms with Gasteiger partial charge in [-0.3, -0.25) is 4.57 Å². The summed E-state index contributed by atoms with van der Waals surface area (Å²) < 4.78 is 43.9. The molecule has 1 heterocycles. The Balaban J connectivity index is 2.54. The molecule has 0 unspecified atom stereocenters. The lowest BCUT2D eigenvalue weighted by atomic mass is 10.1. The normalized spacial score (nSPS) is 11.6. The van der Waals surface area contributed by atoms with Crippen LogP contribution >= 0.6 is 23.2 Å². The molecule has 0 aliphatic rings. The fourth-order valence-electron chi connectivity index (χ4n) is 2.00. The van der Waals surface area contributed by atoms with Crippen LogP contribution in [0.15, 0.2) is 16.9 Å². The zero-order valence-corrected chi connectivity index (χ0v) is 13.8. The number of benzene rings is 1. The van der Waals surface area contributed by atoms with E-state index < -0.39 is 30.2 Å². The number of nitrogens with zero attached hydrogens (tertiary/aromatic N) is 3. The van der Waals surface area contributed by atoms with Crippen molar-refractivity contribution in [2.45, 2.75) is 12.7 Å². The van der Waals surface area contributed by atoms with Crippen LogP contribution in [0.5, 0.6) is 0 Å². The van der Waals surface area contributed by atoms with Crippen molar-refractivity contribution >= 4 is 29.2 Å². The molecule has 0 saturated carbocycles. The maximum Gasteiger partial charge on any atom is 0.451 e.